The Balaban J connectivity index is 2.04. The van der Waals surface area contributed by atoms with Crippen LogP contribution in [0.4, 0.5) is 0 Å². The zero-order valence-corrected chi connectivity index (χ0v) is 14.4. The SMILES string of the molecule is O=C(O)c1ccc(CNC(=O)c2cc(Br)ccc2I)cn1. The highest BCUT2D eigenvalue weighted by molar-refractivity contribution is 14.1. The van der Waals surface area contributed by atoms with Gasteiger partial charge in [-0.2, -0.15) is 0 Å². The third kappa shape index (κ3) is 4.24. The topological polar surface area (TPSA) is 79.3 Å². The third-order valence-electron chi connectivity index (χ3n) is 2.67. The van der Waals surface area contributed by atoms with Crippen LogP contribution in [-0.2, 0) is 6.54 Å². The maximum absolute atomic E-state index is 12.1. The van der Waals surface area contributed by atoms with Crippen molar-refractivity contribution in [3.63, 3.8) is 0 Å². The molecule has 0 atom stereocenters. The molecule has 0 saturated carbocycles. The number of nitrogens with zero attached hydrogens (tertiary/aromatic N) is 1. The summed E-state index contributed by atoms with van der Waals surface area (Å²) >= 11 is 5.43. The predicted octanol–water partition coefficient (Wildman–Crippen LogP) is 3.08. The predicted molar refractivity (Wildman–Crippen MR) is 89.2 cm³/mol. The zero-order valence-electron chi connectivity index (χ0n) is 10.6. The molecule has 2 rings (SSSR count). The molecule has 1 aromatic heterocycles. The van der Waals surface area contributed by atoms with Gasteiger partial charge in [-0.25, -0.2) is 9.78 Å². The number of nitrogens with one attached hydrogen (secondary N) is 1. The van der Waals surface area contributed by atoms with Gasteiger partial charge in [0.25, 0.3) is 5.91 Å². The van der Waals surface area contributed by atoms with Crippen LogP contribution in [0.5, 0.6) is 0 Å². The van der Waals surface area contributed by atoms with Crippen molar-refractivity contribution in [3.05, 3.63) is 61.4 Å². The second-order valence-corrected chi connectivity index (χ2v) is 6.24. The highest BCUT2D eigenvalue weighted by Gasteiger charge is 2.10. The summed E-state index contributed by atoms with van der Waals surface area (Å²) in [6.45, 7) is 0.286. The van der Waals surface area contributed by atoms with E-state index in [1.165, 1.54) is 12.3 Å². The summed E-state index contributed by atoms with van der Waals surface area (Å²) < 4.78 is 1.69. The molecule has 0 aliphatic heterocycles. The van der Waals surface area contributed by atoms with Crippen LogP contribution in [-0.4, -0.2) is 22.0 Å². The number of carboxylic acid groups (broad SMARTS) is 1. The molecule has 0 fully saturated rings. The van der Waals surface area contributed by atoms with Crippen LogP contribution in [0.15, 0.2) is 41.0 Å². The van der Waals surface area contributed by atoms with Gasteiger partial charge in [-0.3, -0.25) is 4.79 Å². The molecule has 1 amide bonds. The van der Waals surface area contributed by atoms with Crippen molar-refractivity contribution in [1.29, 1.82) is 0 Å². The summed E-state index contributed by atoms with van der Waals surface area (Å²) in [5, 5.41) is 11.5. The highest BCUT2D eigenvalue weighted by atomic mass is 127. The summed E-state index contributed by atoms with van der Waals surface area (Å²) in [5.41, 5.74) is 1.30. The lowest BCUT2D eigenvalue weighted by Gasteiger charge is -2.07. The third-order valence-corrected chi connectivity index (χ3v) is 4.10. The van der Waals surface area contributed by atoms with Crippen molar-refractivity contribution in [3.8, 4) is 0 Å². The minimum atomic E-state index is -1.07. The molecular weight excluding hydrogens is 451 g/mol. The van der Waals surface area contributed by atoms with E-state index in [1.54, 1.807) is 12.1 Å². The van der Waals surface area contributed by atoms with Crippen molar-refractivity contribution >= 4 is 50.4 Å². The molecule has 1 heterocycles. The first-order valence-electron chi connectivity index (χ1n) is 5.89. The number of amides is 1. The normalized spacial score (nSPS) is 10.2. The van der Waals surface area contributed by atoms with E-state index in [1.807, 2.05) is 12.1 Å². The van der Waals surface area contributed by atoms with Crippen molar-refractivity contribution in [2.45, 2.75) is 6.54 Å². The van der Waals surface area contributed by atoms with Gasteiger partial charge in [-0.05, 0) is 52.4 Å². The van der Waals surface area contributed by atoms with Crippen LogP contribution >= 0.6 is 38.5 Å². The number of aromatic nitrogens is 1. The average molecular weight is 461 g/mol. The van der Waals surface area contributed by atoms with Crippen LogP contribution < -0.4 is 5.32 Å². The molecule has 0 saturated heterocycles. The van der Waals surface area contributed by atoms with Gasteiger partial charge < -0.3 is 10.4 Å². The maximum Gasteiger partial charge on any atom is 0.354 e. The number of halogens is 2. The van der Waals surface area contributed by atoms with Crippen molar-refractivity contribution in [1.82, 2.24) is 10.3 Å². The molecule has 0 aliphatic carbocycles. The number of rotatable bonds is 4. The van der Waals surface area contributed by atoms with E-state index < -0.39 is 5.97 Å². The van der Waals surface area contributed by atoms with Gasteiger partial charge in [-0.15, -0.1) is 0 Å². The molecule has 0 radical (unpaired) electrons. The second kappa shape index (κ2) is 6.99. The number of carbonyl (C=O) groups is 2. The summed E-state index contributed by atoms with van der Waals surface area (Å²) in [5.74, 6) is -1.27. The number of aromatic carboxylic acids is 1. The molecular formula is C14H10BrIN2O3. The number of carboxylic acids is 1. The Kier molecular flexibility index (Phi) is 5.29. The summed E-state index contributed by atoms with van der Waals surface area (Å²) in [6.07, 6.45) is 1.44. The molecule has 21 heavy (non-hydrogen) atoms. The second-order valence-electron chi connectivity index (χ2n) is 4.16. The van der Waals surface area contributed by atoms with Crippen LogP contribution in [0, 0.1) is 3.57 Å². The van der Waals surface area contributed by atoms with Crippen LogP contribution in [0.1, 0.15) is 26.4 Å². The Hall–Kier alpha value is -1.48. The number of benzene rings is 1. The van der Waals surface area contributed by atoms with E-state index in [0.29, 0.717) is 5.56 Å². The van der Waals surface area contributed by atoms with Crippen molar-refractivity contribution in [2.24, 2.45) is 0 Å². The summed E-state index contributed by atoms with van der Waals surface area (Å²) in [6, 6.07) is 8.51. The van der Waals surface area contributed by atoms with Crippen molar-refractivity contribution in [2.75, 3.05) is 0 Å². The summed E-state index contributed by atoms with van der Waals surface area (Å²) in [4.78, 5) is 26.6. The number of pyridine rings is 1. The molecule has 108 valence electrons. The molecule has 7 heteroatoms. The molecule has 2 aromatic rings. The molecule has 1 aromatic carbocycles. The van der Waals surface area contributed by atoms with Gasteiger partial charge in [-0.1, -0.05) is 22.0 Å². The largest absolute Gasteiger partial charge is 0.477 e. The number of carbonyl (C=O) groups excluding carboxylic acids is 1. The molecule has 2 N–H and O–H groups in total. The van der Waals surface area contributed by atoms with E-state index in [2.05, 4.69) is 48.8 Å². The molecule has 5 nitrogen and oxygen atoms in total. The Morgan fingerprint density at radius 3 is 2.67 bits per heavy atom. The maximum atomic E-state index is 12.1. The van der Waals surface area contributed by atoms with Crippen LogP contribution in [0.25, 0.3) is 0 Å². The Morgan fingerprint density at radius 1 is 1.29 bits per heavy atom. The van der Waals surface area contributed by atoms with E-state index in [9.17, 15) is 9.59 Å². The quantitative estimate of drug-likeness (QED) is 0.687. The van der Waals surface area contributed by atoms with E-state index in [4.69, 9.17) is 5.11 Å². The molecule has 0 spiro atoms. The smallest absolute Gasteiger partial charge is 0.354 e. The highest BCUT2D eigenvalue weighted by Crippen LogP contribution is 2.18. The molecule has 0 bridgehead atoms. The summed E-state index contributed by atoms with van der Waals surface area (Å²) in [7, 11) is 0. The minimum Gasteiger partial charge on any atom is -0.477 e. The standard InChI is InChI=1S/C14H10BrIN2O3/c15-9-2-3-11(16)10(5-9)13(19)18-7-8-1-4-12(14(20)21)17-6-8/h1-6H,7H2,(H,18,19)(H,20,21). The van der Waals surface area contributed by atoms with Gasteiger partial charge in [0.15, 0.2) is 0 Å². The number of hydrogen-bond donors (Lipinski definition) is 2. The first-order valence-corrected chi connectivity index (χ1v) is 7.76. The van der Waals surface area contributed by atoms with Gasteiger partial charge in [0.05, 0.1) is 5.56 Å². The van der Waals surface area contributed by atoms with Crippen LogP contribution in [0.3, 0.4) is 0 Å². The molecule has 0 aliphatic rings. The van der Waals surface area contributed by atoms with E-state index in [0.717, 1.165) is 13.6 Å². The first-order chi connectivity index (χ1) is 9.97. The zero-order chi connectivity index (χ0) is 15.4. The first kappa shape index (κ1) is 15.9. The lowest BCUT2D eigenvalue weighted by Crippen LogP contribution is -2.23. The van der Waals surface area contributed by atoms with Gasteiger partial charge in [0.1, 0.15) is 5.69 Å². The fourth-order valence-electron chi connectivity index (χ4n) is 1.60. The minimum absolute atomic E-state index is 0.0217. The van der Waals surface area contributed by atoms with Gasteiger partial charge in [0.2, 0.25) is 0 Å². The Bertz CT molecular complexity index is 689. The molecule has 0 unspecified atom stereocenters. The fraction of sp³-hybridized carbons (Fsp3) is 0.0714. The fourth-order valence-corrected chi connectivity index (χ4v) is 2.55. The van der Waals surface area contributed by atoms with Crippen LogP contribution in [0.2, 0.25) is 0 Å². The Labute approximate surface area is 143 Å². The average Bonchev–Trinajstić information content (AvgIpc) is 2.47. The lowest BCUT2D eigenvalue weighted by atomic mass is 10.2. The monoisotopic (exact) mass is 460 g/mol. The van der Waals surface area contributed by atoms with Gasteiger partial charge in [0, 0.05) is 20.8 Å². The van der Waals surface area contributed by atoms with E-state index in [-0.39, 0.29) is 18.1 Å². The lowest BCUT2D eigenvalue weighted by molar-refractivity contribution is 0.0690. The van der Waals surface area contributed by atoms with Crippen molar-refractivity contribution < 1.29 is 14.7 Å². The van der Waals surface area contributed by atoms with Gasteiger partial charge >= 0.3 is 5.97 Å². The Morgan fingerprint density at radius 2 is 2.05 bits per heavy atom. The number of hydrogen-bond acceptors (Lipinski definition) is 3. The van der Waals surface area contributed by atoms with E-state index >= 15 is 0 Å².